The van der Waals surface area contributed by atoms with Gasteiger partial charge in [-0.3, -0.25) is 9.89 Å². The van der Waals surface area contributed by atoms with E-state index in [-0.39, 0.29) is 5.92 Å². The molecule has 3 heterocycles. The van der Waals surface area contributed by atoms with Crippen molar-refractivity contribution in [3.8, 4) is 0 Å². The zero-order chi connectivity index (χ0) is 13.2. The van der Waals surface area contributed by atoms with Gasteiger partial charge in [0, 0.05) is 35.0 Å². The van der Waals surface area contributed by atoms with Crippen molar-refractivity contribution in [2.24, 2.45) is 5.92 Å². The van der Waals surface area contributed by atoms with Gasteiger partial charge in [-0.15, -0.1) is 11.8 Å². The minimum Gasteiger partial charge on any atom is -0.339 e. The molecule has 2 atom stereocenters. The van der Waals surface area contributed by atoms with Crippen molar-refractivity contribution >= 4 is 22.6 Å². The zero-order valence-electron chi connectivity index (χ0n) is 11.1. The van der Waals surface area contributed by atoms with Gasteiger partial charge in [-0.05, 0) is 26.2 Å². The Bertz CT molecular complexity index is 483. The molecule has 2 aliphatic heterocycles. The van der Waals surface area contributed by atoms with E-state index in [4.69, 9.17) is 0 Å². The minimum atomic E-state index is 0.0375. The number of aromatic nitrogens is 2. The number of rotatable bonds is 2. The Morgan fingerprint density at radius 3 is 3.16 bits per heavy atom. The average molecular weight is 277 g/mol. The number of hydrogen-bond acceptors (Lipinski definition) is 3. The van der Waals surface area contributed by atoms with E-state index in [0.29, 0.717) is 11.9 Å². The minimum absolute atomic E-state index is 0.0375. The van der Waals surface area contributed by atoms with Crippen molar-refractivity contribution in [3.63, 3.8) is 0 Å². The fourth-order valence-corrected chi connectivity index (χ4v) is 3.94. The lowest BCUT2D eigenvalue weighted by atomic mass is 10.0. The number of piperidine rings is 1. The summed E-state index contributed by atoms with van der Waals surface area (Å²) >= 11 is 1.76. The topological polar surface area (TPSA) is 49.0 Å². The molecule has 1 aromatic heterocycles. The van der Waals surface area contributed by atoms with Crippen molar-refractivity contribution in [1.82, 2.24) is 15.1 Å². The Kier molecular flexibility index (Phi) is 3.64. The lowest BCUT2D eigenvalue weighted by Crippen LogP contribution is -2.44. The standard InChI is InChI=1S/C14H19N3OS/c1-10-4-2-3-5-17(10)14(18)11-6-13(19-9-11)12-7-15-16-8-12/h6-8,10-11H,2-5,9H2,1H3,(H,15,16). The molecule has 0 spiro atoms. The third-order valence-electron chi connectivity index (χ3n) is 3.96. The average Bonchev–Trinajstić information content (AvgIpc) is 3.09. The van der Waals surface area contributed by atoms with Crippen LogP contribution in [0.3, 0.4) is 0 Å². The van der Waals surface area contributed by atoms with Crippen LogP contribution in [0.4, 0.5) is 0 Å². The second-order valence-corrected chi connectivity index (χ2v) is 6.37. The summed E-state index contributed by atoms with van der Waals surface area (Å²) in [5.74, 6) is 1.20. The quantitative estimate of drug-likeness (QED) is 0.903. The van der Waals surface area contributed by atoms with Crippen molar-refractivity contribution in [2.75, 3.05) is 12.3 Å². The second kappa shape index (κ2) is 5.41. The molecule has 5 heteroatoms. The molecule has 4 nitrogen and oxygen atoms in total. The highest BCUT2D eigenvalue weighted by Crippen LogP contribution is 2.37. The molecule has 1 fully saturated rings. The lowest BCUT2D eigenvalue weighted by molar-refractivity contribution is -0.136. The molecule has 2 unspecified atom stereocenters. The Morgan fingerprint density at radius 2 is 2.42 bits per heavy atom. The van der Waals surface area contributed by atoms with E-state index < -0.39 is 0 Å². The maximum Gasteiger partial charge on any atom is 0.230 e. The van der Waals surface area contributed by atoms with Gasteiger partial charge in [0.1, 0.15) is 0 Å². The largest absolute Gasteiger partial charge is 0.339 e. The van der Waals surface area contributed by atoms with Gasteiger partial charge < -0.3 is 4.90 Å². The van der Waals surface area contributed by atoms with Crippen molar-refractivity contribution in [3.05, 3.63) is 24.0 Å². The molecule has 0 bridgehead atoms. The van der Waals surface area contributed by atoms with Gasteiger partial charge in [0.2, 0.25) is 5.91 Å². The summed E-state index contributed by atoms with van der Waals surface area (Å²) in [6.45, 7) is 3.09. The normalized spacial score (nSPS) is 27.4. The smallest absolute Gasteiger partial charge is 0.230 e. The maximum absolute atomic E-state index is 12.6. The van der Waals surface area contributed by atoms with Gasteiger partial charge in [-0.1, -0.05) is 6.08 Å². The summed E-state index contributed by atoms with van der Waals surface area (Å²) in [5.41, 5.74) is 1.09. The maximum atomic E-state index is 12.6. The van der Waals surface area contributed by atoms with Crippen LogP contribution in [-0.4, -0.2) is 39.3 Å². The van der Waals surface area contributed by atoms with Gasteiger partial charge in [0.25, 0.3) is 0 Å². The van der Waals surface area contributed by atoms with Crippen molar-refractivity contribution in [2.45, 2.75) is 32.2 Å². The van der Waals surface area contributed by atoms with Gasteiger partial charge in [0.15, 0.2) is 0 Å². The molecule has 3 rings (SSSR count). The first-order chi connectivity index (χ1) is 9.25. The number of carbonyl (C=O) groups is 1. The molecule has 2 aliphatic rings. The van der Waals surface area contributed by atoms with E-state index >= 15 is 0 Å². The predicted octanol–water partition coefficient (Wildman–Crippen LogP) is 2.51. The summed E-state index contributed by atoms with van der Waals surface area (Å²) in [6, 6.07) is 0.401. The first-order valence-electron chi connectivity index (χ1n) is 6.90. The summed E-state index contributed by atoms with van der Waals surface area (Å²) in [5, 5.41) is 6.79. The molecule has 0 aromatic carbocycles. The van der Waals surface area contributed by atoms with Crippen molar-refractivity contribution in [1.29, 1.82) is 0 Å². The van der Waals surface area contributed by atoms with Crippen LogP contribution in [-0.2, 0) is 4.79 Å². The lowest BCUT2D eigenvalue weighted by Gasteiger charge is -2.34. The molecule has 102 valence electrons. The summed E-state index contributed by atoms with van der Waals surface area (Å²) < 4.78 is 0. The number of nitrogens with one attached hydrogen (secondary N) is 1. The van der Waals surface area contributed by atoms with E-state index in [9.17, 15) is 4.79 Å². The second-order valence-electron chi connectivity index (χ2n) is 5.31. The highest BCUT2D eigenvalue weighted by Gasteiger charge is 2.31. The third-order valence-corrected chi connectivity index (χ3v) is 5.17. The van der Waals surface area contributed by atoms with Crippen molar-refractivity contribution < 1.29 is 4.79 Å². The molecule has 1 N–H and O–H groups in total. The van der Waals surface area contributed by atoms with E-state index in [0.717, 1.165) is 30.7 Å². The van der Waals surface area contributed by atoms with Gasteiger partial charge in [-0.2, -0.15) is 5.10 Å². The molecule has 0 aliphatic carbocycles. The van der Waals surface area contributed by atoms with Crippen LogP contribution in [0.2, 0.25) is 0 Å². The number of aromatic amines is 1. The SMILES string of the molecule is CC1CCCCN1C(=O)C1C=C(c2cn[nH]c2)SC1. The Balaban J connectivity index is 1.71. The van der Waals surface area contributed by atoms with E-state index in [1.807, 2.05) is 12.4 Å². The fraction of sp³-hybridized carbons (Fsp3) is 0.571. The van der Waals surface area contributed by atoms with E-state index in [1.165, 1.54) is 11.3 Å². The number of thioether (sulfide) groups is 1. The number of amides is 1. The monoisotopic (exact) mass is 277 g/mol. The van der Waals surface area contributed by atoms with Crippen LogP contribution in [0.15, 0.2) is 18.5 Å². The molecule has 1 amide bonds. The van der Waals surface area contributed by atoms with Crippen LogP contribution >= 0.6 is 11.8 Å². The number of hydrogen-bond donors (Lipinski definition) is 1. The summed E-state index contributed by atoms with van der Waals surface area (Å²) in [6.07, 6.45) is 9.35. The molecule has 0 radical (unpaired) electrons. The Hall–Kier alpha value is -1.23. The van der Waals surface area contributed by atoms with Crippen LogP contribution in [0.25, 0.3) is 4.91 Å². The van der Waals surface area contributed by atoms with Crippen LogP contribution in [0, 0.1) is 5.92 Å². The fourth-order valence-electron chi connectivity index (χ4n) is 2.80. The van der Waals surface area contributed by atoms with Crippen LogP contribution in [0.5, 0.6) is 0 Å². The highest BCUT2D eigenvalue weighted by molar-refractivity contribution is 8.08. The molecule has 0 saturated carbocycles. The number of carbonyl (C=O) groups excluding carboxylic acids is 1. The predicted molar refractivity (Wildman–Crippen MR) is 77.5 cm³/mol. The first kappa shape index (κ1) is 12.8. The van der Waals surface area contributed by atoms with Gasteiger partial charge >= 0.3 is 0 Å². The first-order valence-corrected chi connectivity index (χ1v) is 7.88. The van der Waals surface area contributed by atoms with E-state index in [2.05, 4.69) is 28.1 Å². The Labute approximate surface area is 117 Å². The van der Waals surface area contributed by atoms with Crippen LogP contribution < -0.4 is 0 Å². The molecule has 19 heavy (non-hydrogen) atoms. The van der Waals surface area contributed by atoms with Gasteiger partial charge in [-0.25, -0.2) is 0 Å². The molecular weight excluding hydrogens is 258 g/mol. The third kappa shape index (κ3) is 2.56. The number of nitrogens with zero attached hydrogens (tertiary/aromatic N) is 2. The highest BCUT2D eigenvalue weighted by atomic mass is 32.2. The van der Waals surface area contributed by atoms with Gasteiger partial charge in [0.05, 0.1) is 12.1 Å². The van der Waals surface area contributed by atoms with Crippen LogP contribution in [0.1, 0.15) is 31.7 Å². The zero-order valence-corrected chi connectivity index (χ0v) is 11.9. The molecular formula is C14H19N3OS. The Morgan fingerprint density at radius 1 is 1.53 bits per heavy atom. The number of likely N-dealkylation sites (tertiary alicyclic amines) is 1. The number of H-pyrrole nitrogens is 1. The molecule has 1 saturated heterocycles. The summed E-state index contributed by atoms with van der Waals surface area (Å²) in [4.78, 5) is 15.8. The summed E-state index contributed by atoms with van der Waals surface area (Å²) in [7, 11) is 0. The molecule has 1 aromatic rings. The van der Waals surface area contributed by atoms with E-state index in [1.54, 1.807) is 11.8 Å².